The highest BCUT2D eigenvalue weighted by molar-refractivity contribution is 5.49. The highest BCUT2D eigenvalue weighted by Gasteiger charge is 2.22. The lowest BCUT2D eigenvalue weighted by Gasteiger charge is -2.36. The second-order valence-corrected chi connectivity index (χ2v) is 5.28. The molecule has 0 bridgehead atoms. The number of hydrogen-bond donors (Lipinski definition) is 0. The van der Waals surface area contributed by atoms with E-state index < -0.39 is 0 Å². The maximum Gasteiger partial charge on any atom is 0.146 e. The smallest absolute Gasteiger partial charge is 0.146 e. The lowest BCUT2D eigenvalue weighted by atomic mass is 10.0. The first kappa shape index (κ1) is 13.3. The van der Waals surface area contributed by atoms with Gasteiger partial charge >= 0.3 is 0 Å². The topological polar surface area (TPSA) is 6.48 Å². The third kappa shape index (κ3) is 2.83. The van der Waals surface area contributed by atoms with Crippen LogP contribution in [0.1, 0.15) is 25.3 Å². The Labute approximate surface area is 109 Å². The summed E-state index contributed by atoms with van der Waals surface area (Å²) >= 11 is 0. The van der Waals surface area contributed by atoms with Gasteiger partial charge < -0.3 is 9.80 Å². The van der Waals surface area contributed by atoms with E-state index in [9.17, 15) is 4.39 Å². The van der Waals surface area contributed by atoms with Crippen LogP contribution in [0, 0.1) is 5.82 Å². The van der Waals surface area contributed by atoms with Gasteiger partial charge in [0.2, 0.25) is 0 Å². The number of aryl methyl sites for hydroxylation is 1. The highest BCUT2D eigenvalue weighted by Crippen LogP contribution is 2.25. The first-order chi connectivity index (χ1) is 8.61. The van der Waals surface area contributed by atoms with Crippen molar-refractivity contribution in [2.24, 2.45) is 0 Å². The van der Waals surface area contributed by atoms with Crippen LogP contribution < -0.4 is 4.90 Å². The molecule has 100 valence electrons. The molecule has 1 saturated heterocycles. The van der Waals surface area contributed by atoms with Crippen molar-refractivity contribution in [3.63, 3.8) is 0 Å². The van der Waals surface area contributed by atoms with E-state index in [0.717, 1.165) is 43.6 Å². The molecule has 0 unspecified atom stereocenters. The van der Waals surface area contributed by atoms with Crippen molar-refractivity contribution in [1.29, 1.82) is 0 Å². The number of piperidine rings is 1. The molecule has 0 aliphatic carbocycles. The van der Waals surface area contributed by atoms with Gasteiger partial charge in [-0.25, -0.2) is 4.39 Å². The number of anilines is 1. The zero-order chi connectivity index (χ0) is 13.1. The zero-order valence-corrected chi connectivity index (χ0v) is 11.6. The van der Waals surface area contributed by atoms with Gasteiger partial charge in [0.15, 0.2) is 0 Å². The Bertz CT molecular complexity index is 397. The Balaban J connectivity index is 2.11. The van der Waals surface area contributed by atoms with Crippen LogP contribution in [0.2, 0.25) is 0 Å². The molecule has 0 amide bonds. The van der Waals surface area contributed by atoms with Gasteiger partial charge in [-0.1, -0.05) is 13.0 Å². The van der Waals surface area contributed by atoms with E-state index in [1.807, 2.05) is 19.2 Å². The molecule has 0 spiro atoms. The number of hydrogen-bond acceptors (Lipinski definition) is 2. The van der Waals surface area contributed by atoms with Crippen LogP contribution in [0.3, 0.4) is 0 Å². The number of halogens is 1. The number of nitrogens with zero attached hydrogens (tertiary/aromatic N) is 2. The molecular weight excluding hydrogens is 227 g/mol. The van der Waals surface area contributed by atoms with Gasteiger partial charge in [-0.2, -0.15) is 0 Å². The van der Waals surface area contributed by atoms with Gasteiger partial charge in [0, 0.05) is 13.1 Å². The second kappa shape index (κ2) is 5.70. The van der Waals surface area contributed by atoms with Crippen LogP contribution in [0.4, 0.5) is 10.1 Å². The van der Waals surface area contributed by atoms with Crippen molar-refractivity contribution in [1.82, 2.24) is 4.90 Å². The summed E-state index contributed by atoms with van der Waals surface area (Å²) in [5.41, 5.74) is 1.80. The number of likely N-dealkylation sites (tertiary alicyclic amines) is 1. The standard InChI is InChI=1S/C15H23FN2/c1-4-12-5-6-15(14(16)11-12)18(3)13-7-9-17(2)10-8-13/h5-6,11,13H,4,7-10H2,1-3H3. The maximum atomic E-state index is 14.1. The molecule has 0 aromatic heterocycles. The average Bonchev–Trinajstić information content (AvgIpc) is 2.38. The van der Waals surface area contributed by atoms with E-state index in [1.54, 1.807) is 6.07 Å². The third-order valence-electron chi connectivity index (χ3n) is 4.04. The molecule has 1 aliphatic rings. The van der Waals surface area contributed by atoms with Crippen molar-refractivity contribution < 1.29 is 4.39 Å². The molecule has 2 nitrogen and oxygen atoms in total. The normalized spacial score (nSPS) is 18.0. The van der Waals surface area contributed by atoms with Crippen LogP contribution in [0.5, 0.6) is 0 Å². The van der Waals surface area contributed by atoms with Gasteiger partial charge in [-0.05, 0) is 57.1 Å². The molecule has 0 radical (unpaired) electrons. The second-order valence-electron chi connectivity index (χ2n) is 5.28. The van der Waals surface area contributed by atoms with Crippen LogP contribution >= 0.6 is 0 Å². The molecule has 1 aliphatic heterocycles. The van der Waals surface area contributed by atoms with Crippen molar-refractivity contribution in [2.45, 2.75) is 32.2 Å². The van der Waals surface area contributed by atoms with Gasteiger partial charge in [0.05, 0.1) is 5.69 Å². The summed E-state index contributed by atoms with van der Waals surface area (Å²) < 4.78 is 14.1. The van der Waals surface area contributed by atoms with Crippen LogP contribution in [-0.2, 0) is 6.42 Å². The Hall–Kier alpha value is -1.09. The fourth-order valence-electron chi connectivity index (χ4n) is 2.64. The third-order valence-corrected chi connectivity index (χ3v) is 4.04. The van der Waals surface area contributed by atoms with Crippen molar-refractivity contribution in [3.8, 4) is 0 Å². The monoisotopic (exact) mass is 250 g/mol. The molecule has 0 atom stereocenters. The van der Waals surface area contributed by atoms with E-state index in [-0.39, 0.29) is 5.82 Å². The minimum Gasteiger partial charge on any atom is -0.369 e. The summed E-state index contributed by atoms with van der Waals surface area (Å²) in [6.45, 7) is 4.25. The first-order valence-electron chi connectivity index (χ1n) is 6.81. The molecule has 1 heterocycles. The highest BCUT2D eigenvalue weighted by atomic mass is 19.1. The molecule has 0 N–H and O–H groups in total. The molecular formula is C15H23FN2. The molecule has 1 aromatic rings. The summed E-state index contributed by atoms with van der Waals surface area (Å²) in [6, 6.07) is 6.08. The molecule has 1 aromatic carbocycles. The lowest BCUT2D eigenvalue weighted by molar-refractivity contribution is 0.252. The van der Waals surface area contributed by atoms with Gasteiger partial charge in [-0.3, -0.25) is 0 Å². The number of benzene rings is 1. The Morgan fingerprint density at radius 3 is 2.56 bits per heavy atom. The average molecular weight is 250 g/mol. The zero-order valence-electron chi connectivity index (χ0n) is 11.6. The van der Waals surface area contributed by atoms with Crippen molar-refractivity contribution in [2.75, 3.05) is 32.1 Å². The van der Waals surface area contributed by atoms with E-state index in [2.05, 4.69) is 23.8 Å². The predicted molar refractivity (Wildman–Crippen MR) is 74.7 cm³/mol. The van der Waals surface area contributed by atoms with Gasteiger partial charge in [0.1, 0.15) is 5.82 Å². The van der Waals surface area contributed by atoms with E-state index >= 15 is 0 Å². The Kier molecular flexibility index (Phi) is 4.23. The van der Waals surface area contributed by atoms with E-state index in [4.69, 9.17) is 0 Å². The van der Waals surface area contributed by atoms with E-state index in [1.165, 1.54) is 0 Å². The van der Waals surface area contributed by atoms with Gasteiger partial charge in [-0.15, -0.1) is 0 Å². The summed E-state index contributed by atoms with van der Waals surface area (Å²) in [6.07, 6.45) is 3.11. The summed E-state index contributed by atoms with van der Waals surface area (Å²) in [4.78, 5) is 4.45. The number of rotatable bonds is 3. The first-order valence-corrected chi connectivity index (χ1v) is 6.81. The van der Waals surface area contributed by atoms with Gasteiger partial charge in [0.25, 0.3) is 0 Å². The summed E-state index contributed by atoms with van der Waals surface area (Å²) in [7, 11) is 4.16. The largest absolute Gasteiger partial charge is 0.369 e. The molecule has 1 fully saturated rings. The SMILES string of the molecule is CCc1ccc(N(C)C2CCN(C)CC2)c(F)c1. The van der Waals surface area contributed by atoms with Crippen molar-refractivity contribution in [3.05, 3.63) is 29.6 Å². The minimum absolute atomic E-state index is 0.0872. The Morgan fingerprint density at radius 2 is 2.00 bits per heavy atom. The molecule has 18 heavy (non-hydrogen) atoms. The molecule has 2 rings (SSSR count). The maximum absolute atomic E-state index is 14.1. The summed E-state index contributed by atoms with van der Waals surface area (Å²) in [5, 5.41) is 0. The molecule has 3 heteroatoms. The fourth-order valence-corrected chi connectivity index (χ4v) is 2.64. The molecule has 0 saturated carbocycles. The Morgan fingerprint density at radius 1 is 1.33 bits per heavy atom. The van der Waals surface area contributed by atoms with Crippen molar-refractivity contribution >= 4 is 5.69 Å². The van der Waals surface area contributed by atoms with Crippen LogP contribution in [0.15, 0.2) is 18.2 Å². The quantitative estimate of drug-likeness (QED) is 0.814. The van der Waals surface area contributed by atoms with E-state index in [0.29, 0.717) is 6.04 Å². The lowest BCUT2D eigenvalue weighted by Crippen LogP contribution is -2.42. The fraction of sp³-hybridized carbons (Fsp3) is 0.600. The minimum atomic E-state index is -0.0872. The predicted octanol–water partition coefficient (Wildman–Crippen LogP) is 2.92. The summed E-state index contributed by atoms with van der Waals surface area (Å²) in [5.74, 6) is -0.0872. The van der Waals surface area contributed by atoms with Crippen LogP contribution in [0.25, 0.3) is 0 Å². The van der Waals surface area contributed by atoms with Crippen LogP contribution in [-0.4, -0.2) is 38.1 Å².